The molecule has 0 amide bonds. The lowest BCUT2D eigenvalue weighted by atomic mass is 9.94. The Balaban J connectivity index is 1.91. The van der Waals surface area contributed by atoms with Crippen LogP contribution in [0.3, 0.4) is 0 Å². The first-order valence-electron chi connectivity index (χ1n) is 6.24. The van der Waals surface area contributed by atoms with Crippen LogP contribution in [0.1, 0.15) is 29.3 Å². The molecule has 0 bridgehead atoms. The summed E-state index contributed by atoms with van der Waals surface area (Å²) in [5.74, 6) is -3.76. The zero-order valence-electron chi connectivity index (χ0n) is 10.4. The molecule has 1 N–H and O–H groups in total. The van der Waals surface area contributed by atoms with Crippen molar-refractivity contribution in [3.05, 3.63) is 49.9 Å². The number of rotatable bonds is 2. The van der Waals surface area contributed by atoms with Crippen molar-refractivity contribution in [1.82, 2.24) is 0 Å². The van der Waals surface area contributed by atoms with Crippen molar-refractivity contribution in [2.45, 2.75) is 25.3 Å². The summed E-state index contributed by atoms with van der Waals surface area (Å²) in [6.45, 7) is 0. The third kappa shape index (κ3) is 2.46. The second-order valence-corrected chi connectivity index (χ2v) is 7.26. The van der Waals surface area contributed by atoms with Gasteiger partial charge in [0.2, 0.25) is 0 Å². The highest BCUT2D eigenvalue weighted by Gasteiger charge is 2.24. The number of hydrogen-bond acceptors (Lipinski definition) is 2. The van der Waals surface area contributed by atoms with Crippen molar-refractivity contribution < 1.29 is 13.2 Å². The number of aryl methyl sites for hydroxylation is 1. The fourth-order valence-corrected chi connectivity index (χ4v) is 4.32. The third-order valence-corrected chi connectivity index (χ3v) is 5.16. The summed E-state index contributed by atoms with van der Waals surface area (Å²) in [6.07, 6.45) is 2.83. The van der Waals surface area contributed by atoms with E-state index in [0.29, 0.717) is 0 Å². The number of halogens is 4. The number of fused-ring (bicyclic) bond motifs is 1. The number of thiophene rings is 1. The van der Waals surface area contributed by atoms with Crippen LogP contribution in [0.15, 0.2) is 22.0 Å². The highest BCUT2D eigenvalue weighted by molar-refractivity contribution is 9.11. The Bertz CT molecular complexity index is 656. The van der Waals surface area contributed by atoms with Gasteiger partial charge in [-0.15, -0.1) is 11.3 Å². The highest BCUT2D eigenvalue weighted by Crippen LogP contribution is 2.39. The van der Waals surface area contributed by atoms with E-state index in [1.54, 1.807) is 11.3 Å². The Morgan fingerprint density at radius 1 is 1.20 bits per heavy atom. The standard InChI is InChI=1S/C14H11BrF3NS/c15-12-6-7-9(2-1-3-11(7)20-12)19-10-5-4-8(16)13(17)14(10)18/h4-6,9,19H,1-3H2. The molecule has 1 nitrogen and oxygen atoms in total. The molecule has 0 saturated heterocycles. The summed E-state index contributed by atoms with van der Waals surface area (Å²) in [4.78, 5) is 1.25. The first-order chi connectivity index (χ1) is 9.56. The molecule has 6 heteroatoms. The van der Waals surface area contributed by atoms with Gasteiger partial charge in [0, 0.05) is 4.88 Å². The van der Waals surface area contributed by atoms with Crippen molar-refractivity contribution in [1.29, 1.82) is 0 Å². The van der Waals surface area contributed by atoms with E-state index in [2.05, 4.69) is 21.2 Å². The highest BCUT2D eigenvalue weighted by atomic mass is 79.9. The number of nitrogens with one attached hydrogen (secondary N) is 1. The second-order valence-electron chi connectivity index (χ2n) is 4.74. The molecule has 0 spiro atoms. The van der Waals surface area contributed by atoms with Crippen LogP contribution >= 0.6 is 27.3 Å². The van der Waals surface area contributed by atoms with Gasteiger partial charge < -0.3 is 5.32 Å². The van der Waals surface area contributed by atoms with Crippen molar-refractivity contribution in [2.75, 3.05) is 5.32 Å². The van der Waals surface area contributed by atoms with Gasteiger partial charge >= 0.3 is 0 Å². The number of hydrogen-bond donors (Lipinski definition) is 1. The monoisotopic (exact) mass is 361 g/mol. The molecule has 1 aromatic carbocycles. The molecule has 1 aromatic heterocycles. The fourth-order valence-electron chi connectivity index (χ4n) is 2.50. The third-order valence-electron chi connectivity index (χ3n) is 3.45. The van der Waals surface area contributed by atoms with Crippen LogP contribution in [0, 0.1) is 17.5 Å². The van der Waals surface area contributed by atoms with Gasteiger partial charge in [-0.3, -0.25) is 0 Å². The smallest absolute Gasteiger partial charge is 0.196 e. The van der Waals surface area contributed by atoms with E-state index in [9.17, 15) is 13.2 Å². The zero-order valence-corrected chi connectivity index (χ0v) is 12.8. The molecular formula is C14H11BrF3NS. The normalized spacial score (nSPS) is 17.9. The van der Waals surface area contributed by atoms with Gasteiger partial charge in [-0.25, -0.2) is 13.2 Å². The van der Waals surface area contributed by atoms with Gasteiger partial charge in [0.25, 0.3) is 0 Å². The predicted octanol–water partition coefficient (Wildman–Crippen LogP) is 5.42. The van der Waals surface area contributed by atoms with E-state index in [1.165, 1.54) is 10.9 Å². The van der Waals surface area contributed by atoms with Crippen molar-refractivity contribution >= 4 is 33.0 Å². The Labute approximate surface area is 126 Å². The van der Waals surface area contributed by atoms with E-state index in [1.807, 2.05) is 6.07 Å². The van der Waals surface area contributed by atoms with Crippen LogP contribution in [-0.4, -0.2) is 0 Å². The molecule has 1 aliphatic rings. The van der Waals surface area contributed by atoms with Gasteiger partial charge in [-0.2, -0.15) is 0 Å². The van der Waals surface area contributed by atoms with Crippen molar-refractivity contribution in [3.63, 3.8) is 0 Å². The predicted molar refractivity (Wildman–Crippen MR) is 77.6 cm³/mol. The molecule has 2 aromatic rings. The van der Waals surface area contributed by atoms with E-state index < -0.39 is 17.5 Å². The van der Waals surface area contributed by atoms with Crippen molar-refractivity contribution in [2.24, 2.45) is 0 Å². The van der Waals surface area contributed by atoms with Crippen LogP contribution in [-0.2, 0) is 6.42 Å². The minimum atomic E-state index is -1.43. The SMILES string of the molecule is Fc1ccc(NC2CCCc3sc(Br)cc32)c(F)c1F. The molecule has 1 atom stereocenters. The topological polar surface area (TPSA) is 12.0 Å². The summed E-state index contributed by atoms with van der Waals surface area (Å²) < 4.78 is 40.9. The van der Waals surface area contributed by atoms with E-state index in [-0.39, 0.29) is 11.7 Å². The molecule has 0 saturated carbocycles. The molecule has 3 rings (SSSR count). The van der Waals surface area contributed by atoms with Gasteiger partial charge in [0.15, 0.2) is 17.5 Å². The molecule has 0 fully saturated rings. The lowest BCUT2D eigenvalue weighted by Crippen LogP contribution is -2.16. The lowest BCUT2D eigenvalue weighted by molar-refractivity contribution is 0.447. The second kappa shape index (κ2) is 5.41. The Kier molecular flexibility index (Phi) is 3.77. The summed E-state index contributed by atoms with van der Waals surface area (Å²) in [6, 6.07) is 4.12. The molecule has 1 heterocycles. The molecule has 1 unspecified atom stereocenters. The Hall–Kier alpha value is -1.01. The van der Waals surface area contributed by atoms with Gasteiger partial charge in [-0.05, 0) is 59.0 Å². The van der Waals surface area contributed by atoms with E-state index in [0.717, 1.165) is 34.7 Å². The fraction of sp³-hybridized carbons (Fsp3) is 0.286. The summed E-state index contributed by atoms with van der Waals surface area (Å²) >= 11 is 5.11. The first-order valence-corrected chi connectivity index (χ1v) is 7.85. The largest absolute Gasteiger partial charge is 0.376 e. The van der Waals surface area contributed by atoms with Crippen LogP contribution in [0.5, 0.6) is 0 Å². The summed E-state index contributed by atoms with van der Waals surface area (Å²) in [5.41, 5.74) is 1.11. The lowest BCUT2D eigenvalue weighted by Gasteiger charge is -2.25. The van der Waals surface area contributed by atoms with Crippen LogP contribution in [0.4, 0.5) is 18.9 Å². The van der Waals surface area contributed by atoms with Gasteiger partial charge in [0.05, 0.1) is 15.5 Å². The maximum atomic E-state index is 13.7. The van der Waals surface area contributed by atoms with Gasteiger partial charge in [-0.1, -0.05) is 0 Å². The molecular weight excluding hydrogens is 351 g/mol. The molecule has 0 aliphatic heterocycles. The van der Waals surface area contributed by atoms with Crippen LogP contribution in [0.25, 0.3) is 0 Å². The quantitative estimate of drug-likeness (QED) is 0.704. The summed E-state index contributed by atoms with van der Waals surface area (Å²) in [5, 5.41) is 2.99. The minimum absolute atomic E-state index is 0.00377. The summed E-state index contributed by atoms with van der Waals surface area (Å²) in [7, 11) is 0. The Morgan fingerprint density at radius 2 is 2.00 bits per heavy atom. The molecule has 0 radical (unpaired) electrons. The van der Waals surface area contributed by atoms with Crippen LogP contribution < -0.4 is 5.32 Å². The van der Waals surface area contributed by atoms with E-state index in [4.69, 9.17) is 0 Å². The Morgan fingerprint density at radius 3 is 2.80 bits per heavy atom. The van der Waals surface area contributed by atoms with E-state index >= 15 is 0 Å². The average Bonchev–Trinajstić information content (AvgIpc) is 2.81. The number of benzene rings is 1. The van der Waals surface area contributed by atoms with Gasteiger partial charge in [0.1, 0.15) is 0 Å². The molecule has 1 aliphatic carbocycles. The first kappa shape index (κ1) is 13.9. The average molecular weight is 362 g/mol. The maximum absolute atomic E-state index is 13.7. The van der Waals surface area contributed by atoms with Crippen molar-refractivity contribution in [3.8, 4) is 0 Å². The minimum Gasteiger partial charge on any atom is -0.376 e. The zero-order chi connectivity index (χ0) is 14.3. The van der Waals surface area contributed by atoms with Crippen LogP contribution in [0.2, 0.25) is 0 Å². The number of anilines is 1. The maximum Gasteiger partial charge on any atom is 0.196 e. The molecule has 106 valence electrons. The molecule has 20 heavy (non-hydrogen) atoms.